The summed E-state index contributed by atoms with van der Waals surface area (Å²) in [5.41, 5.74) is -3.79. The number of hydrogen-bond donors (Lipinski definition) is 1. The van der Waals surface area contributed by atoms with Gasteiger partial charge in [0, 0.05) is 24.7 Å². The molecular formula is C14H13F3N2O6. The largest absolute Gasteiger partial charge is 0.490 e. The van der Waals surface area contributed by atoms with Crippen molar-refractivity contribution in [3.05, 3.63) is 33.9 Å². The molecule has 0 saturated carbocycles. The van der Waals surface area contributed by atoms with Gasteiger partial charge in [0.1, 0.15) is 0 Å². The van der Waals surface area contributed by atoms with Crippen LogP contribution in [0.4, 0.5) is 18.9 Å². The Morgan fingerprint density at radius 3 is 2.48 bits per heavy atom. The Hall–Kier alpha value is -2.85. The average Bonchev–Trinajstić information content (AvgIpc) is 3.00. The van der Waals surface area contributed by atoms with Crippen molar-refractivity contribution in [2.45, 2.75) is 12.6 Å². The molecule has 0 aromatic heterocycles. The normalized spacial score (nSPS) is 20.4. The van der Waals surface area contributed by atoms with Gasteiger partial charge in [0.2, 0.25) is 0 Å². The number of nitro groups is 1. The summed E-state index contributed by atoms with van der Waals surface area (Å²) in [5, 5.41) is 20.0. The molecule has 1 saturated heterocycles. The van der Waals surface area contributed by atoms with E-state index >= 15 is 0 Å². The first kappa shape index (κ1) is 18.5. The number of hydrogen-bond acceptors (Lipinski definition) is 5. The standard InChI is InChI=1S/C14H13F3N2O6/c1-25-10-3-2-8(6-9(10)19(23)24)11(20)18-5-4-13(7-18,12(21)22)14(15,16)17/h2-3,6H,4-5,7H2,1H3,(H,21,22). The van der Waals surface area contributed by atoms with Crippen LogP contribution in [0.25, 0.3) is 0 Å². The van der Waals surface area contributed by atoms with Crippen molar-refractivity contribution in [1.82, 2.24) is 4.90 Å². The van der Waals surface area contributed by atoms with E-state index in [1.165, 1.54) is 13.2 Å². The minimum Gasteiger partial charge on any atom is -0.490 e. The Kier molecular flexibility index (Phi) is 4.60. The molecule has 0 spiro atoms. The molecule has 8 nitrogen and oxygen atoms in total. The Bertz CT molecular complexity index is 736. The molecule has 1 fully saturated rings. The van der Waals surface area contributed by atoms with Crippen molar-refractivity contribution in [2.24, 2.45) is 5.41 Å². The van der Waals surface area contributed by atoms with Gasteiger partial charge in [-0.25, -0.2) is 0 Å². The lowest BCUT2D eigenvalue weighted by Gasteiger charge is -2.27. The number of carbonyl (C=O) groups is 2. The Labute approximate surface area is 138 Å². The number of carboxylic acids is 1. The third-order valence-electron chi connectivity index (χ3n) is 4.13. The van der Waals surface area contributed by atoms with Gasteiger partial charge in [-0.1, -0.05) is 0 Å². The number of rotatable bonds is 4. The molecule has 1 aromatic rings. The van der Waals surface area contributed by atoms with Gasteiger partial charge in [-0.2, -0.15) is 13.2 Å². The molecule has 1 atom stereocenters. The van der Waals surface area contributed by atoms with Crippen LogP contribution in [0.15, 0.2) is 18.2 Å². The molecule has 2 rings (SSSR count). The van der Waals surface area contributed by atoms with Gasteiger partial charge < -0.3 is 14.7 Å². The molecule has 1 unspecified atom stereocenters. The first-order valence-electron chi connectivity index (χ1n) is 6.95. The molecule has 0 bridgehead atoms. The second-order valence-electron chi connectivity index (χ2n) is 5.51. The predicted octanol–water partition coefficient (Wildman–Crippen LogP) is 2.08. The monoisotopic (exact) mass is 362 g/mol. The van der Waals surface area contributed by atoms with Crippen LogP contribution in [0, 0.1) is 15.5 Å². The van der Waals surface area contributed by atoms with Crippen molar-refractivity contribution >= 4 is 17.6 Å². The average molecular weight is 362 g/mol. The quantitative estimate of drug-likeness (QED) is 0.649. The fourth-order valence-electron chi connectivity index (χ4n) is 2.66. The number of ether oxygens (including phenoxy) is 1. The van der Waals surface area contributed by atoms with Crippen molar-refractivity contribution in [2.75, 3.05) is 20.2 Å². The van der Waals surface area contributed by atoms with Crippen molar-refractivity contribution in [3.8, 4) is 5.75 Å². The van der Waals surface area contributed by atoms with Crippen molar-refractivity contribution < 1.29 is 37.5 Å². The third-order valence-corrected chi connectivity index (χ3v) is 4.13. The molecule has 1 aliphatic rings. The van der Waals surface area contributed by atoms with Gasteiger partial charge in [-0.3, -0.25) is 19.7 Å². The molecule has 1 N–H and O–H groups in total. The summed E-state index contributed by atoms with van der Waals surface area (Å²) < 4.78 is 44.2. The van der Waals surface area contributed by atoms with Gasteiger partial charge in [-0.05, 0) is 18.6 Å². The topological polar surface area (TPSA) is 110 Å². The Balaban J connectivity index is 2.33. The summed E-state index contributed by atoms with van der Waals surface area (Å²) in [7, 11) is 1.19. The van der Waals surface area contributed by atoms with Crippen LogP contribution in [0.3, 0.4) is 0 Å². The number of carboxylic acid groups (broad SMARTS) is 1. The molecule has 136 valence electrons. The number of benzene rings is 1. The second kappa shape index (κ2) is 6.22. The van der Waals surface area contributed by atoms with Gasteiger partial charge in [0.25, 0.3) is 5.91 Å². The molecule has 0 aliphatic carbocycles. The molecule has 1 aromatic carbocycles. The summed E-state index contributed by atoms with van der Waals surface area (Å²) >= 11 is 0. The lowest BCUT2D eigenvalue weighted by molar-refractivity contribution is -0.385. The van der Waals surface area contributed by atoms with Gasteiger partial charge >= 0.3 is 17.8 Å². The van der Waals surface area contributed by atoms with Crippen LogP contribution in [0.5, 0.6) is 5.75 Å². The highest BCUT2D eigenvalue weighted by Crippen LogP contribution is 2.46. The minimum absolute atomic E-state index is 0.113. The number of amides is 1. The van der Waals surface area contributed by atoms with E-state index in [1.54, 1.807) is 0 Å². The maximum absolute atomic E-state index is 13.1. The highest BCUT2D eigenvalue weighted by molar-refractivity contribution is 5.96. The van der Waals surface area contributed by atoms with Crippen LogP contribution in [-0.4, -0.2) is 53.2 Å². The fourth-order valence-corrected chi connectivity index (χ4v) is 2.66. The van der Waals surface area contributed by atoms with E-state index in [-0.39, 0.29) is 11.3 Å². The molecule has 1 amide bonds. The van der Waals surface area contributed by atoms with Crippen molar-refractivity contribution in [3.63, 3.8) is 0 Å². The number of nitrogens with zero attached hydrogens (tertiary/aromatic N) is 2. The van der Waals surface area contributed by atoms with Crippen LogP contribution >= 0.6 is 0 Å². The fraction of sp³-hybridized carbons (Fsp3) is 0.429. The summed E-state index contributed by atoms with van der Waals surface area (Å²) in [5.74, 6) is -3.09. The zero-order valence-electron chi connectivity index (χ0n) is 12.9. The van der Waals surface area contributed by atoms with E-state index in [9.17, 15) is 32.9 Å². The SMILES string of the molecule is COc1ccc(C(=O)N2CCC(C(=O)O)(C(F)(F)F)C2)cc1[N+](=O)[O-]. The number of likely N-dealkylation sites (tertiary alicyclic amines) is 1. The maximum atomic E-state index is 13.1. The first-order chi connectivity index (χ1) is 11.5. The predicted molar refractivity (Wildman–Crippen MR) is 76.3 cm³/mol. The molecule has 25 heavy (non-hydrogen) atoms. The Morgan fingerprint density at radius 1 is 1.40 bits per heavy atom. The summed E-state index contributed by atoms with van der Waals surface area (Å²) in [6, 6.07) is 3.20. The van der Waals surface area contributed by atoms with E-state index < -0.39 is 53.6 Å². The number of alkyl halides is 3. The number of aliphatic carboxylic acids is 1. The third kappa shape index (κ3) is 3.08. The first-order valence-corrected chi connectivity index (χ1v) is 6.95. The van der Waals surface area contributed by atoms with E-state index in [4.69, 9.17) is 9.84 Å². The van der Waals surface area contributed by atoms with Crippen LogP contribution in [-0.2, 0) is 4.79 Å². The zero-order chi connectivity index (χ0) is 19.0. The van der Waals surface area contributed by atoms with E-state index in [0.29, 0.717) is 0 Å². The molecule has 0 radical (unpaired) electrons. The molecule has 11 heteroatoms. The van der Waals surface area contributed by atoms with Crippen molar-refractivity contribution in [1.29, 1.82) is 0 Å². The van der Waals surface area contributed by atoms with Gasteiger partial charge in [0.05, 0.1) is 12.0 Å². The highest BCUT2D eigenvalue weighted by atomic mass is 19.4. The molecule has 1 heterocycles. The number of carbonyl (C=O) groups excluding carboxylic acids is 1. The van der Waals surface area contributed by atoms with E-state index in [2.05, 4.69) is 0 Å². The second-order valence-corrected chi connectivity index (χ2v) is 5.51. The van der Waals surface area contributed by atoms with Crippen LogP contribution in [0.2, 0.25) is 0 Å². The van der Waals surface area contributed by atoms with Crippen LogP contribution < -0.4 is 4.74 Å². The minimum atomic E-state index is -5.03. The lowest BCUT2D eigenvalue weighted by atomic mass is 9.86. The van der Waals surface area contributed by atoms with E-state index in [1.807, 2.05) is 0 Å². The van der Waals surface area contributed by atoms with Gasteiger partial charge in [-0.15, -0.1) is 0 Å². The zero-order valence-corrected chi connectivity index (χ0v) is 12.9. The lowest BCUT2D eigenvalue weighted by Crippen LogP contribution is -2.47. The number of halogens is 3. The van der Waals surface area contributed by atoms with Gasteiger partial charge in [0.15, 0.2) is 11.2 Å². The van der Waals surface area contributed by atoms with Crippen LogP contribution in [0.1, 0.15) is 16.8 Å². The molecular weight excluding hydrogens is 349 g/mol. The smallest absolute Gasteiger partial charge is 0.406 e. The summed E-state index contributed by atoms with van der Waals surface area (Å²) in [4.78, 5) is 34.4. The number of nitro benzene ring substituents is 1. The van der Waals surface area contributed by atoms with E-state index in [0.717, 1.165) is 17.0 Å². The summed E-state index contributed by atoms with van der Waals surface area (Å²) in [6.07, 6.45) is -5.81. The summed E-state index contributed by atoms with van der Waals surface area (Å²) in [6.45, 7) is -1.48. The molecule has 1 aliphatic heterocycles. The number of methoxy groups -OCH3 is 1. The Morgan fingerprint density at radius 2 is 2.04 bits per heavy atom. The maximum Gasteiger partial charge on any atom is 0.406 e. The highest BCUT2D eigenvalue weighted by Gasteiger charge is 2.64.